The first-order valence-corrected chi connectivity index (χ1v) is 9.69. The molecule has 0 saturated carbocycles. The minimum Gasteiger partial charge on any atom is -0.392 e. The van der Waals surface area contributed by atoms with E-state index in [0.717, 1.165) is 27.9 Å². The molecule has 0 radical (unpaired) electrons. The van der Waals surface area contributed by atoms with E-state index >= 15 is 0 Å². The third kappa shape index (κ3) is 3.41. The minimum absolute atomic E-state index is 0.0357. The quantitative estimate of drug-likeness (QED) is 0.459. The van der Waals surface area contributed by atoms with Crippen LogP contribution >= 0.6 is 0 Å². The summed E-state index contributed by atoms with van der Waals surface area (Å²) in [7, 11) is 0. The van der Waals surface area contributed by atoms with Gasteiger partial charge in [0.15, 0.2) is 5.82 Å². The molecule has 5 aromatic rings. The molecule has 7 heteroatoms. The van der Waals surface area contributed by atoms with Crippen molar-refractivity contribution in [2.45, 2.75) is 6.61 Å². The monoisotopic (exact) mass is 411 g/mol. The molecule has 0 fully saturated rings. The van der Waals surface area contributed by atoms with Crippen molar-refractivity contribution < 1.29 is 9.50 Å². The zero-order valence-electron chi connectivity index (χ0n) is 16.4. The number of nitrogen functional groups attached to an aromatic ring is 1. The molecule has 0 aliphatic rings. The summed E-state index contributed by atoms with van der Waals surface area (Å²) in [4.78, 5) is 13.5. The molecule has 0 atom stereocenters. The smallest absolute Gasteiger partial charge is 0.161 e. The average molecular weight is 411 g/mol. The van der Waals surface area contributed by atoms with Crippen LogP contribution in [0.4, 0.5) is 10.2 Å². The van der Waals surface area contributed by atoms with Crippen LogP contribution < -0.4 is 5.73 Å². The van der Waals surface area contributed by atoms with Gasteiger partial charge in [-0.2, -0.15) is 0 Å². The second kappa shape index (κ2) is 7.62. The van der Waals surface area contributed by atoms with Crippen LogP contribution in [0.3, 0.4) is 0 Å². The minimum atomic E-state index is -0.313. The Morgan fingerprint density at radius 2 is 1.74 bits per heavy atom. The standard InChI is InChI=1S/C24H18FN5O/c25-18-7-5-16(6-8-18)23-28-13-17-12-21(20-2-1-11-27-22(20)26)30(24(17)29-23)19-9-3-15(14-31)4-10-19/h1-13,31H,14H2,(H2,26,27). The van der Waals surface area contributed by atoms with Gasteiger partial charge in [-0.1, -0.05) is 12.1 Å². The first-order valence-electron chi connectivity index (χ1n) is 9.69. The van der Waals surface area contributed by atoms with E-state index < -0.39 is 0 Å². The number of anilines is 1. The number of hydrogen-bond donors (Lipinski definition) is 2. The van der Waals surface area contributed by atoms with Gasteiger partial charge in [0.2, 0.25) is 0 Å². The number of benzene rings is 2. The topological polar surface area (TPSA) is 89.9 Å². The number of nitrogens with two attached hydrogens (primary N) is 1. The largest absolute Gasteiger partial charge is 0.392 e. The highest BCUT2D eigenvalue weighted by molar-refractivity contribution is 5.89. The molecule has 31 heavy (non-hydrogen) atoms. The van der Waals surface area contributed by atoms with Crippen LogP contribution in [0.2, 0.25) is 0 Å². The van der Waals surface area contributed by atoms with Gasteiger partial charge in [0.1, 0.15) is 17.3 Å². The summed E-state index contributed by atoms with van der Waals surface area (Å²) < 4.78 is 15.3. The molecule has 3 N–H and O–H groups in total. The number of rotatable bonds is 4. The molecule has 3 aromatic heterocycles. The molecule has 0 unspecified atom stereocenters. The zero-order valence-corrected chi connectivity index (χ0v) is 16.4. The summed E-state index contributed by atoms with van der Waals surface area (Å²) in [5.41, 5.74) is 10.8. The Kier molecular flexibility index (Phi) is 4.65. The molecule has 2 aromatic carbocycles. The molecule has 0 aliphatic carbocycles. The Hall–Kier alpha value is -4.10. The molecule has 0 amide bonds. The van der Waals surface area contributed by atoms with Gasteiger partial charge in [0.25, 0.3) is 0 Å². The third-order valence-corrected chi connectivity index (χ3v) is 5.13. The molecule has 5 rings (SSSR count). The number of aliphatic hydroxyl groups is 1. The number of fused-ring (bicyclic) bond motifs is 1. The number of hydrogen-bond acceptors (Lipinski definition) is 5. The fourth-order valence-electron chi connectivity index (χ4n) is 3.57. The number of pyridine rings is 1. The first-order chi connectivity index (χ1) is 15.1. The molecule has 3 heterocycles. The Balaban J connectivity index is 1.77. The van der Waals surface area contributed by atoms with E-state index in [1.54, 1.807) is 24.5 Å². The SMILES string of the molecule is Nc1ncccc1-c1cc2cnc(-c3ccc(F)cc3)nc2n1-c1ccc(CO)cc1. The summed E-state index contributed by atoms with van der Waals surface area (Å²) in [6, 6.07) is 19.3. The van der Waals surface area contributed by atoms with Gasteiger partial charge in [-0.25, -0.2) is 19.3 Å². The van der Waals surface area contributed by atoms with Crippen molar-refractivity contribution in [2.75, 3.05) is 5.73 Å². The Morgan fingerprint density at radius 1 is 0.968 bits per heavy atom. The predicted octanol–water partition coefficient (Wildman–Crippen LogP) is 4.36. The first kappa shape index (κ1) is 18.9. The van der Waals surface area contributed by atoms with Crippen molar-refractivity contribution in [3.05, 3.63) is 90.5 Å². The van der Waals surface area contributed by atoms with Gasteiger partial charge >= 0.3 is 0 Å². The van der Waals surface area contributed by atoms with Crippen LogP contribution in [0.5, 0.6) is 0 Å². The van der Waals surface area contributed by atoms with E-state index in [1.807, 2.05) is 47.0 Å². The van der Waals surface area contributed by atoms with E-state index in [9.17, 15) is 9.50 Å². The van der Waals surface area contributed by atoms with Crippen molar-refractivity contribution in [1.82, 2.24) is 19.5 Å². The van der Waals surface area contributed by atoms with Crippen molar-refractivity contribution in [1.29, 1.82) is 0 Å². The van der Waals surface area contributed by atoms with Gasteiger partial charge < -0.3 is 10.8 Å². The van der Waals surface area contributed by atoms with Crippen LogP contribution in [0.1, 0.15) is 5.56 Å². The predicted molar refractivity (Wildman–Crippen MR) is 118 cm³/mol. The maximum atomic E-state index is 13.4. The van der Waals surface area contributed by atoms with Crippen LogP contribution in [-0.2, 0) is 6.61 Å². The fraction of sp³-hybridized carbons (Fsp3) is 0.0417. The molecule has 6 nitrogen and oxygen atoms in total. The van der Waals surface area contributed by atoms with Crippen molar-refractivity contribution in [2.24, 2.45) is 0 Å². The zero-order chi connectivity index (χ0) is 21.4. The maximum Gasteiger partial charge on any atom is 0.161 e. The van der Waals surface area contributed by atoms with Gasteiger partial charge in [-0.05, 0) is 60.2 Å². The highest BCUT2D eigenvalue weighted by Gasteiger charge is 2.17. The lowest BCUT2D eigenvalue weighted by Gasteiger charge is -2.12. The van der Waals surface area contributed by atoms with Gasteiger partial charge in [-0.15, -0.1) is 0 Å². The number of nitrogens with zero attached hydrogens (tertiary/aromatic N) is 4. The molecular formula is C24H18FN5O. The number of aromatic nitrogens is 4. The van der Waals surface area contributed by atoms with Gasteiger partial charge in [0, 0.05) is 34.6 Å². The van der Waals surface area contributed by atoms with Crippen LogP contribution in [0.25, 0.3) is 39.4 Å². The lowest BCUT2D eigenvalue weighted by molar-refractivity contribution is 0.282. The Labute approximate surface area is 177 Å². The lowest BCUT2D eigenvalue weighted by Crippen LogP contribution is -2.02. The van der Waals surface area contributed by atoms with E-state index in [4.69, 9.17) is 10.7 Å². The normalized spacial score (nSPS) is 11.2. The molecule has 0 saturated heterocycles. The second-order valence-corrected chi connectivity index (χ2v) is 7.11. The van der Waals surface area contributed by atoms with E-state index in [1.165, 1.54) is 12.1 Å². The fourth-order valence-corrected chi connectivity index (χ4v) is 3.57. The highest BCUT2D eigenvalue weighted by atomic mass is 19.1. The van der Waals surface area contributed by atoms with E-state index in [-0.39, 0.29) is 12.4 Å². The van der Waals surface area contributed by atoms with Crippen LogP contribution in [0.15, 0.2) is 79.1 Å². The summed E-state index contributed by atoms with van der Waals surface area (Å²) >= 11 is 0. The Morgan fingerprint density at radius 3 is 2.45 bits per heavy atom. The van der Waals surface area contributed by atoms with Crippen molar-refractivity contribution in [3.63, 3.8) is 0 Å². The average Bonchev–Trinajstić information content (AvgIpc) is 3.18. The molecule has 0 bridgehead atoms. The summed E-state index contributed by atoms with van der Waals surface area (Å²) in [5, 5.41) is 10.2. The van der Waals surface area contributed by atoms with E-state index in [2.05, 4.69) is 9.97 Å². The summed E-state index contributed by atoms with van der Waals surface area (Å²) in [5.74, 6) is 0.585. The lowest BCUT2D eigenvalue weighted by atomic mass is 10.1. The van der Waals surface area contributed by atoms with Gasteiger partial charge in [0.05, 0.1) is 12.3 Å². The third-order valence-electron chi connectivity index (χ3n) is 5.13. The van der Waals surface area contributed by atoms with Crippen LogP contribution in [-0.4, -0.2) is 24.6 Å². The van der Waals surface area contributed by atoms with Crippen molar-refractivity contribution >= 4 is 16.9 Å². The molecular weight excluding hydrogens is 393 g/mol. The maximum absolute atomic E-state index is 13.4. The van der Waals surface area contributed by atoms with E-state index in [0.29, 0.717) is 22.9 Å². The Bertz CT molecular complexity index is 1380. The summed E-state index contributed by atoms with van der Waals surface area (Å²) in [6.45, 7) is -0.0357. The number of aliphatic hydroxyl groups excluding tert-OH is 1. The number of halogens is 1. The molecule has 0 spiro atoms. The second-order valence-electron chi connectivity index (χ2n) is 7.11. The van der Waals surface area contributed by atoms with Crippen molar-refractivity contribution in [3.8, 4) is 28.3 Å². The van der Waals surface area contributed by atoms with Gasteiger partial charge in [-0.3, -0.25) is 4.57 Å². The summed E-state index contributed by atoms with van der Waals surface area (Å²) in [6.07, 6.45) is 3.39. The molecule has 0 aliphatic heterocycles. The molecule has 152 valence electrons. The van der Waals surface area contributed by atoms with Crippen LogP contribution in [0, 0.1) is 5.82 Å². The highest BCUT2D eigenvalue weighted by Crippen LogP contribution is 2.33.